The van der Waals surface area contributed by atoms with Crippen molar-refractivity contribution in [3.8, 4) is 0 Å². The zero-order valence-corrected chi connectivity index (χ0v) is 14.3. The molecule has 1 amide bonds. The number of aromatic nitrogens is 2. The number of primary amides is 1. The summed E-state index contributed by atoms with van der Waals surface area (Å²) in [7, 11) is 0. The molecule has 2 N–H and O–H groups in total. The van der Waals surface area contributed by atoms with E-state index in [1.165, 1.54) is 12.1 Å². The predicted octanol–water partition coefficient (Wildman–Crippen LogP) is 2.75. The predicted molar refractivity (Wildman–Crippen MR) is 92.5 cm³/mol. The summed E-state index contributed by atoms with van der Waals surface area (Å²) in [5.41, 5.74) is 6.27. The molecular weight excluding hydrogens is 327 g/mol. The number of nitrogens with two attached hydrogens (primary N) is 1. The number of carbonyl (C=O) groups excluding carboxylic acids is 1. The smallest absolute Gasteiger partial charge is 0.217 e. The lowest BCUT2D eigenvalue weighted by atomic mass is 9.93. The van der Waals surface area contributed by atoms with Gasteiger partial charge in [0.25, 0.3) is 0 Å². The van der Waals surface area contributed by atoms with Gasteiger partial charge in [-0.2, -0.15) is 0 Å². The zero-order chi connectivity index (χ0) is 16.9. The quantitative estimate of drug-likeness (QED) is 0.871. The van der Waals surface area contributed by atoms with Crippen molar-refractivity contribution in [2.45, 2.75) is 32.1 Å². The molecule has 2 heterocycles. The first-order chi connectivity index (χ1) is 11.6. The molecule has 3 rings (SSSR count). The second-order valence-corrected chi connectivity index (χ2v) is 7.28. The molecule has 1 aromatic heterocycles. The minimum atomic E-state index is -0.232. The number of anilines is 1. The lowest BCUT2D eigenvalue weighted by Crippen LogP contribution is -2.35. The Morgan fingerprint density at radius 2 is 2.12 bits per heavy atom. The molecular formula is C17H21FN4OS. The van der Waals surface area contributed by atoms with Gasteiger partial charge in [0, 0.05) is 25.9 Å². The molecule has 1 aliphatic heterocycles. The Morgan fingerprint density at radius 1 is 1.33 bits per heavy atom. The minimum Gasteiger partial charge on any atom is -0.370 e. The first-order valence-electron chi connectivity index (χ1n) is 8.20. The first-order valence-corrected chi connectivity index (χ1v) is 9.02. The van der Waals surface area contributed by atoms with Gasteiger partial charge in [0.15, 0.2) is 0 Å². The highest BCUT2D eigenvalue weighted by molar-refractivity contribution is 7.15. The van der Waals surface area contributed by atoms with Crippen LogP contribution in [0.4, 0.5) is 9.52 Å². The van der Waals surface area contributed by atoms with Gasteiger partial charge in [-0.15, -0.1) is 10.2 Å². The minimum absolute atomic E-state index is 0.230. The third-order valence-electron chi connectivity index (χ3n) is 4.31. The van der Waals surface area contributed by atoms with Gasteiger partial charge in [0.1, 0.15) is 10.8 Å². The van der Waals surface area contributed by atoms with Crippen LogP contribution < -0.4 is 10.6 Å². The molecule has 1 unspecified atom stereocenters. The van der Waals surface area contributed by atoms with Crippen molar-refractivity contribution in [2.75, 3.05) is 18.0 Å². The van der Waals surface area contributed by atoms with Gasteiger partial charge >= 0.3 is 0 Å². The number of halogens is 1. The number of amides is 1. The Kier molecular flexibility index (Phi) is 5.40. The van der Waals surface area contributed by atoms with E-state index < -0.39 is 0 Å². The van der Waals surface area contributed by atoms with Gasteiger partial charge in [0.2, 0.25) is 11.0 Å². The summed E-state index contributed by atoms with van der Waals surface area (Å²) in [5, 5.41) is 10.4. The Balaban J connectivity index is 1.60. The number of nitrogens with zero attached hydrogens (tertiary/aromatic N) is 3. The van der Waals surface area contributed by atoms with Crippen LogP contribution in [0.5, 0.6) is 0 Å². The standard InChI is InChI=1S/C17H21FN4OS/c18-14-6-3-12(4-7-14)10-16-20-21-17(24-16)22-9-1-2-13(11-22)5-8-15(19)23/h3-4,6-7,13H,1-2,5,8-11H2,(H2,19,23). The van der Waals surface area contributed by atoms with Crippen LogP contribution in [0, 0.1) is 11.7 Å². The van der Waals surface area contributed by atoms with Crippen molar-refractivity contribution in [1.29, 1.82) is 0 Å². The van der Waals surface area contributed by atoms with E-state index in [0.29, 0.717) is 18.8 Å². The molecule has 5 nitrogen and oxygen atoms in total. The number of hydrogen-bond donors (Lipinski definition) is 1. The highest BCUT2D eigenvalue weighted by Crippen LogP contribution is 2.28. The van der Waals surface area contributed by atoms with Gasteiger partial charge in [-0.1, -0.05) is 23.5 Å². The number of rotatable bonds is 6. The molecule has 0 aliphatic carbocycles. The van der Waals surface area contributed by atoms with Crippen LogP contribution >= 0.6 is 11.3 Å². The second kappa shape index (κ2) is 7.70. The molecule has 128 valence electrons. The van der Waals surface area contributed by atoms with Crippen LogP contribution in [0.25, 0.3) is 0 Å². The monoisotopic (exact) mass is 348 g/mol. The van der Waals surface area contributed by atoms with E-state index in [1.54, 1.807) is 23.5 Å². The number of benzene rings is 1. The topological polar surface area (TPSA) is 72.1 Å². The fourth-order valence-corrected chi connectivity index (χ4v) is 3.95. The Morgan fingerprint density at radius 3 is 2.88 bits per heavy atom. The van der Waals surface area contributed by atoms with Crippen LogP contribution in [-0.2, 0) is 11.2 Å². The van der Waals surface area contributed by atoms with E-state index in [0.717, 1.165) is 48.1 Å². The molecule has 1 atom stereocenters. The highest BCUT2D eigenvalue weighted by Gasteiger charge is 2.23. The van der Waals surface area contributed by atoms with E-state index >= 15 is 0 Å². The van der Waals surface area contributed by atoms with Gasteiger partial charge in [0.05, 0.1) is 0 Å². The summed E-state index contributed by atoms with van der Waals surface area (Å²) in [5.74, 6) is 0.0207. The molecule has 0 saturated carbocycles. The van der Waals surface area contributed by atoms with Gasteiger partial charge < -0.3 is 10.6 Å². The van der Waals surface area contributed by atoms with E-state index in [1.807, 2.05) is 0 Å². The van der Waals surface area contributed by atoms with Crippen molar-refractivity contribution < 1.29 is 9.18 Å². The maximum atomic E-state index is 13.0. The summed E-state index contributed by atoms with van der Waals surface area (Å²) in [6.45, 7) is 1.87. The number of piperidine rings is 1. The first kappa shape index (κ1) is 16.8. The molecule has 7 heteroatoms. The van der Waals surface area contributed by atoms with Crippen molar-refractivity contribution in [3.63, 3.8) is 0 Å². The van der Waals surface area contributed by atoms with Crippen LogP contribution in [0.3, 0.4) is 0 Å². The maximum absolute atomic E-state index is 13.0. The largest absolute Gasteiger partial charge is 0.370 e. The lowest BCUT2D eigenvalue weighted by molar-refractivity contribution is -0.118. The molecule has 0 spiro atoms. The SMILES string of the molecule is NC(=O)CCC1CCCN(c2nnc(Cc3ccc(F)cc3)s2)C1. The molecule has 2 aromatic rings. The van der Waals surface area contributed by atoms with Crippen LogP contribution in [0.1, 0.15) is 36.3 Å². The normalized spacial score (nSPS) is 17.9. The summed E-state index contributed by atoms with van der Waals surface area (Å²) >= 11 is 1.58. The van der Waals surface area contributed by atoms with Gasteiger partial charge in [-0.3, -0.25) is 4.79 Å². The van der Waals surface area contributed by atoms with Crippen LogP contribution in [-0.4, -0.2) is 29.2 Å². The second-order valence-electron chi connectivity index (χ2n) is 6.24. The van der Waals surface area contributed by atoms with Gasteiger partial charge in [-0.25, -0.2) is 4.39 Å². The average Bonchev–Trinajstić information content (AvgIpc) is 3.04. The Bertz CT molecular complexity index is 688. The Labute approximate surface area is 144 Å². The van der Waals surface area contributed by atoms with Crippen molar-refractivity contribution in [3.05, 3.63) is 40.7 Å². The van der Waals surface area contributed by atoms with Crippen molar-refractivity contribution >= 4 is 22.4 Å². The summed E-state index contributed by atoms with van der Waals surface area (Å²) < 4.78 is 13.0. The molecule has 0 radical (unpaired) electrons. The maximum Gasteiger partial charge on any atom is 0.217 e. The fraction of sp³-hybridized carbons (Fsp3) is 0.471. The van der Waals surface area contributed by atoms with E-state index in [9.17, 15) is 9.18 Å². The Hall–Kier alpha value is -2.02. The van der Waals surface area contributed by atoms with E-state index in [4.69, 9.17) is 5.73 Å². The van der Waals surface area contributed by atoms with Crippen molar-refractivity contribution in [2.24, 2.45) is 11.7 Å². The lowest BCUT2D eigenvalue weighted by Gasteiger charge is -2.32. The fourth-order valence-electron chi connectivity index (χ4n) is 3.04. The molecule has 24 heavy (non-hydrogen) atoms. The summed E-state index contributed by atoms with van der Waals surface area (Å²) in [6.07, 6.45) is 4.18. The van der Waals surface area contributed by atoms with Gasteiger partial charge in [-0.05, 0) is 42.9 Å². The zero-order valence-electron chi connectivity index (χ0n) is 13.4. The molecule has 1 aromatic carbocycles. The molecule has 1 aliphatic rings. The van der Waals surface area contributed by atoms with Crippen LogP contribution in [0.15, 0.2) is 24.3 Å². The van der Waals surface area contributed by atoms with E-state index in [2.05, 4.69) is 15.1 Å². The van der Waals surface area contributed by atoms with Crippen molar-refractivity contribution in [1.82, 2.24) is 10.2 Å². The number of hydrogen-bond acceptors (Lipinski definition) is 5. The molecule has 1 fully saturated rings. The molecule has 1 saturated heterocycles. The summed E-state index contributed by atoms with van der Waals surface area (Å²) in [4.78, 5) is 13.2. The third-order valence-corrected chi connectivity index (χ3v) is 5.30. The third kappa shape index (κ3) is 4.50. The average molecular weight is 348 g/mol. The number of carbonyl (C=O) groups is 1. The molecule has 0 bridgehead atoms. The highest BCUT2D eigenvalue weighted by atomic mass is 32.1. The van der Waals surface area contributed by atoms with E-state index in [-0.39, 0.29) is 11.7 Å². The summed E-state index contributed by atoms with van der Waals surface area (Å²) in [6, 6.07) is 6.48. The van der Waals surface area contributed by atoms with Crippen LogP contribution in [0.2, 0.25) is 0 Å².